The van der Waals surface area contributed by atoms with E-state index in [0.29, 0.717) is 53.8 Å². The Morgan fingerprint density at radius 3 is 2.29 bits per heavy atom. The molecule has 2 N–H and O–H groups in total. The molecule has 1 aromatic heterocycles. The highest BCUT2D eigenvalue weighted by Gasteiger charge is 2.28. The Morgan fingerprint density at radius 1 is 0.882 bits per heavy atom. The summed E-state index contributed by atoms with van der Waals surface area (Å²) < 4.78 is 14.2. The molecule has 4 aromatic rings. The molecule has 0 radical (unpaired) electrons. The number of carbonyl (C=O) groups excluding carboxylic acids is 2. The standard InChI is InChI=1S/C26H22ClFN4O2/c27-18-11-9-17(10-12-18)25(33)30-23-19-5-1-3-7-21(19)29-24(23)26(34)32-15-13-31(14-16-32)22-8-4-2-6-20(22)28/h1-12,29H,13-16H2,(H,30,33). The predicted molar refractivity (Wildman–Crippen MR) is 132 cm³/mol. The fourth-order valence-electron chi connectivity index (χ4n) is 4.24. The first-order chi connectivity index (χ1) is 16.5. The van der Waals surface area contributed by atoms with E-state index in [1.165, 1.54) is 6.07 Å². The van der Waals surface area contributed by atoms with Crippen LogP contribution in [0, 0.1) is 5.82 Å². The molecule has 1 aliphatic heterocycles. The van der Waals surface area contributed by atoms with E-state index in [2.05, 4.69) is 10.3 Å². The summed E-state index contributed by atoms with van der Waals surface area (Å²) in [6.45, 7) is 1.90. The molecule has 8 heteroatoms. The summed E-state index contributed by atoms with van der Waals surface area (Å²) >= 11 is 5.94. The Labute approximate surface area is 200 Å². The number of nitrogens with zero attached hydrogens (tertiary/aromatic N) is 2. The van der Waals surface area contributed by atoms with Crippen LogP contribution in [0.4, 0.5) is 15.8 Å². The molecular weight excluding hydrogens is 455 g/mol. The number of hydrogen-bond donors (Lipinski definition) is 2. The van der Waals surface area contributed by atoms with Crippen LogP contribution in [0.25, 0.3) is 10.9 Å². The molecule has 0 spiro atoms. The smallest absolute Gasteiger partial charge is 0.272 e. The quantitative estimate of drug-likeness (QED) is 0.426. The summed E-state index contributed by atoms with van der Waals surface area (Å²) in [6, 6.07) is 20.6. The largest absolute Gasteiger partial charge is 0.366 e. The minimum absolute atomic E-state index is 0.212. The van der Waals surface area contributed by atoms with Crippen LogP contribution < -0.4 is 10.2 Å². The van der Waals surface area contributed by atoms with Crippen LogP contribution in [-0.2, 0) is 0 Å². The molecule has 2 heterocycles. The van der Waals surface area contributed by atoms with E-state index in [1.807, 2.05) is 29.2 Å². The van der Waals surface area contributed by atoms with Crippen LogP contribution in [0.3, 0.4) is 0 Å². The fourth-order valence-corrected chi connectivity index (χ4v) is 4.36. The topological polar surface area (TPSA) is 68.4 Å². The van der Waals surface area contributed by atoms with Gasteiger partial charge in [0.15, 0.2) is 0 Å². The third kappa shape index (κ3) is 4.22. The van der Waals surface area contributed by atoms with Crippen LogP contribution >= 0.6 is 11.6 Å². The maximum absolute atomic E-state index is 14.2. The lowest BCUT2D eigenvalue weighted by molar-refractivity contribution is 0.0742. The van der Waals surface area contributed by atoms with Crippen LogP contribution in [0.2, 0.25) is 5.02 Å². The van der Waals surface area contributed by atoms with Crippen LogP contribution in [-0.4, -0.2) is 47.9 Å². The first-order valence-electron chi connectivity index (χ1n) is 11.0. The minimum atomic E-state index is -0.333. The lowest BCUT2D eigenvalue weighted by atomic mass is 10.1. The van der Waals surface area contributed by atoms with Gasteiger partial charge in [-0.15, -0.1) is 0 Å². The monoisotopic (exact) mass is 476 g/mol. The second-order valence-corrected chi connectivity index (χ2v) is 8.55. The van der Waals surface area contributed by atoms with Gasteiger partial charge in [-0.3, -0.25) is 9.59 Å². The third-order valence-corrected chi connectivity index (χ3v) is 6.28. The van der Waals surface area contributed by atoms with Crippen molar-refractivity contribution in [3.63, 3.8) is 0 Å². The highest BCUT2D eigenvalue weighted by Crippen LogP contribution is 2.30. The van der Waals surface area contributed by atoms with Gasteiger partial charge in [0.25, 0.3) is 11.8 Å². The summed E-state index contributed by atoms with van der Waals surface area (Å²) in [5, 5.41) is 4.20. The van der Waals surface area contributed by atoms with Crippen molar-refractivity contribution >= 4 is 45.7 Å². The molecular formula is C26H22ClFN4O2. The van der Waals surface area contributed by atoms with Gasteiger partial charge in [0, 0.05) is 47.7 Å². The molecule has 0 aliphatic carbocycles. The van der Waals surface area contributed by atoms with Crippen LogP contribution in [0.15, 0.2) is 72.8 Å². The predicted octanol–water partition coefficient (Wildman–Crippen LogP) is 5.18. The number of aromatic amines is 1. The van der Waals surface area contributed by atoms with E-state index in [0.717, 1.165) is 10.9 Å². The lowest BCUT2D eigenvalue weighted by Gasteiger charge is -2.36. The molecule has 0 unspecified atom stereocenters. The second-order valence-electron chi connectivity index (χ2n) is 8.11. The summed E-state index contributed by atoms with van der Waals surface area (Å²) in [5.41, 5.74) is 2.49. The number of nitrogens with one attached hydrogen (secondary N) is 2. The summed E-state index contributed by atoms with van der Waals surface area (Å²) in [4.78, 5) is 33.2. The molecule has 1 aliphatic rings. The Kier molecular flexibility index (Phi) is 5.94. The minimum Gasteiger partial charge on any atom is -0.366 e. The number of fused-ring (bicyclic) bond motifs is 1. The van der Waals surface area contributed by atoms with E-state index in [1.54, 1.807) is 47.4 Å². The molecule has 3 aromatic carbocycles. The van der Waals surface area contributed by atoms with Gasteiger partial charge < -0.3 is 20.1 Å². The molecule has 1 saturated heterocycles. The Morgan fingerprint density at radius 2 is 1.56 bits per heavy atom. The van der Waals surface area contributed by atoms with Gasteiger partial charge in [-0.2, -0.15) is 0 Å². The van der Waals surface area contributed by atoms with Gasteiger partial charge in [-0.25, -0.2) is 4.39 Å². The number of anilines is 2. The average Bonchev–Trinajstić information content (AvgIpc) is 3.23. The van der Waals surface area contributed by atoms with Crippen molar-refractivity contribution in [3.8, 4) is 0 Å². The van der Waals surface area contributed by atoms with Crippen molar-refractivity contribution in [2.75, 3.05) is 36.4 Å². The van der Waals surface area contributed by atoms with Gasteiger partial charge >= 0.3 is 0 Å². The molecule has 0 atom stereocenters. The first-order valence-corrected chi connectivity index (χ1v) is 11.4. The SMILES string of the molecule is O=C(Nc1c(C(=O)N2CCN(c3ccccc3F)CC2)[nH]c2ccccc12)c1ccc(Cl)cc1. The highest BCUT2D eigenvalue weighted by molar-refractivity contribution is 6.30. The number of rotatable bonds is 4. The maximum Gasteiger partial charge on any atom is 0.272 e. The maximum atomic E-state index is 14.2. The molecule has 34 heavy (non-hydrogen) atoms. The van der Waals surface area contributed by atoms with Crippen molar-refractivity contribution in [1.82, 2.24) is 9.88 Å². The van der Waals surface area contributed by atoms with Crippen LogP contribution in [0.1, 0.15) is 20.8 Å². The number of piperazine rings is 1. The number of hydrogen-bond acceptors (Lipinski definition) is 3. The van der Waals surface area contributed by atoms with Crippen LogP contribution in [0.5, 0.6) is 0 Å². The molecule has 0 bridgehead atoms. The zero-order valence-corrected chi connectivity index (χ0v) is 19.0. The zero-order chi connectivity index (χ0) is 23.7. The second kappa shape index (κ2) is 9.19. The van der Waals surface area contributed by atoms with E-state index in [-0.39, 0.29) is 17.6 Å². The Hall–Kier alpha value is -3.84. The normalized spacial score (nSPS) is 13.8. The molecule has 6 nitrogen and oxygen atoms in total. The molecule has 0 saturated carbocycles. The van der Waals surface area contributed by atoms with Gasteiger partial charge in [-0.1, -0.05) is 41.9 Å². The molecule has 2 amide bonds. The molecule has 172 valence electrons. The highest BCUT2D eigenvalue weighted by atomic mass is 35.5. The number of para-hydroxylation sites is 2. The summed E-state index contributed by atoms with van der Waals surface area (Å²) in [7, 11) is 0. The Bertz CT molecular complexity index is 1360. The van der Waals surface area contributed by atoms with E-state index < -0.39 is 0 Å². The first kappa shape index (κ1) is 22.0. The van der Waals surface area contributed by atoms with Gasteiger partial charge in [0.05, 0.1) is 11.4 Å². The number of halogens is 2. The number of benzene rings is 3. The molecule has 5 rings (SSSR count). The van der Waals surface area contributed by atoms with Crippen molar-refractivity contribution in [2.24, 2.45) is 0 Å². The van der Waals surface area contributed by atoms with Crippen molar-refractivity contribution < 1.29 is 14.0 Å². The van der Waals surface area contributed by atoms with Crippen molar-refractivity contribution in [2.45, 2.75) is 0 Å². The summed E-state index contributed by atoms with van der Waals surface area (Å²) in [5.74, 6) is -0.819. The number of amides is 2. The van der Waals surface area contributed by atoms with E-state index >= 15 is 0 Å². The van der Waals surface area contributed by atoms with E-state index in [4.69, 9.17) is 11.6 Å². The van der Waals surface area contributed by atoms with Gasteiger partial charge in [0.2, 0.25) is 0 Å². The molecule has 1 fully saturated rings. The fraction of sp³-hybridized carbons (Fsp3) is 0.154. The number of H-pyrrole nitrogens is 1. The van der Waals surface area contributed by atoms with Crippen molar-refractivity contribution in [1.29, 1.82) is 0 Å². The van der Waals surface area contributed by atoms with Crippen molar-refractivity contribution in [3.05, 3.63) is 94.9 Å². The average molecular weight is 477 g/mol. The van der Waals surface area contributed by atoms with E-state index in [9.17, 15) is 14.0 Å². The lowest BCUT2D eigenvalue weighted by Crippen LogP contribution is -2.49. The zero-order valence-electron chi connectivity index (χ0n) is 18.2. The Balaban J connectivity index is 1.39. The third-order valence-electron chi connectivity index (χ3n) is 6.02. The summed E-state index contributed by atoms with van der Waals surface area (Å²) in [6.07, 6.45) is 0. The number of carbonyl (C=O) groups is 2. The van der Waals surface area contributed by atoms with Gasteiger partial charge in [-0.05, 0) is 42.5 Å². The number of aromatic nitrogens is 1. The van der Waals surface area contributed by atoms with Gasteiger partial charge in [0.1, 0.15) is 11.5 Å².